The van der Waals surface area contributed by atoms with Gasteiger partial charge in [-0.1, -0.05) is 36.4 Å². The van der Waals surface area contributed by atoms with E-state index in [2.05, 4.69) is 39.1 Å². The van der Waals surface area contributed by atoms with Crippen LogP contribution in [0.25, 0.3) is 6.08 Å². The van der Waals surface area contributed by atoms with Gasteiger partial charge in [-0.05, 0) is 43.0 Å². The molecule has 0 radical (unpaired) electrons. The fourth-order valence-corrected chi connectivity index (χ4v) is 4.31. The van der Waals surface area contributed by atoms with Crippen LogP contribution in [-0.4, -0.2) is 48.8 Å². The molecule has 144 valence electrons. The van der Waals surface area contributed by atoms with Crippen molar-refractivity contribution < 1.29 is 9.53 Å². The first-order chi connectivity index (χ1) is 13.7. The maximum Gasteiger partial charge on any atom is 0.286 e. The summed E-state index contributed by atoms with van der Waals surface area (Å²) in [7, 11) is 0. The molecule has 1 fully saturated rings. The molecule has 2 aliphatic rings. The third-order valence-corrected chi connectivity index (χ3v) is 5.83. The van der Waals surface area contributed by atoms with Crippen molar-refractivity contribution in [3.8, 4) is 5.75 Å². The van der Waals surface area contributed by atoms with Crippen molar-refractivity contribution in [1.82, 2.24) is 4.90 Å². The van der Waals surface area contributed by atoms with Gasteiger partial charge in [-0.3, -0.25) is 4.79 Å². The number of piperazine rings is 1. The number of para-hydroxylation sites is 2. The molecule has 0 atom stereocenters. The van der Waals surface area contributed by atoms with Gasteiger partial charge in [0.05, 0.1) is 11.5 Å². The predicted octanol–water partition coefficient (Wildman–Crippen LogP) is 3.88. The van der Waals surface area contributed by atoms with E-state index >= 15 is 0 Å². The van der Waals surface area contributed by atoms with Crippen molar-refractivity contribution in [1.29, 1.82) is 0 Å². The number of aliphatic imine (C=N–C) groups is 1. The number of carbonyl (C=O) groups is 1. The number of hydrogen-bond acceptors (Lipinski definition) is 5. The van der Waals surface area contributed by atoms with Crippen LogP contribution in [0.4, 0.5) is 5.69 Å². The normalized spacial score (nSPS) is 18.5. The Morgan fingerprint density at radius 3 is 2.43 bits per heavy atom. The minimum Gasteiger partial charge on any atom is -0.493 e. The lowest BCUT2D eigenvalue weighted by molar-refractivity contribution is -0.113. The third-order valence-electron chi connectivity index (χ3n) is 4.79. The van der Waals surface area contributed by atoms with Gasteiger partial charge in [0, 0.05) is 37.4 Å². The highest BCUT2D eigenvalue weighted by Crippen LogP contribution is 2.33. The summed E-state index contributed by atoms with van der Waals surface area (Å²) in [5, 5.41) is 0.804. The molecule has 2 aliphatic heterocycles. The fraction of sp³-hybridized carbons (Fsp3) is 0.273. The molecular formula is C22H23N3O2S. The van der Waals surface area contributed by atoms with E-state index in [1.807, 2.05) is 43.3 Å². The number of nitrogens with zero attached hydrogens (tertiary/aromatic N) is 3. The number of carbonyl (C=O) groups excluding carboxylic acids is 1. The zero-order valence-corrected chi connectivity index (χ0v) is 16.7. The first kappa shape index (κ1) is 18.6. The van der Waals surface area contributed by atoms with E-state index in [1.54, 1.807) is 0 Å². The minimum absolute atomic E-state index is 0.170. The lowest BCUT2D eigenvalue weighted by Crippen LogP contribution is -2.47. The van der Waals surface area contributed by atoms with Crippen LogP contribution in [0.3, 0.4) is 0 Å². The number of amides is 1. The van der Waals surface area contributed by atoms with E-state index in [-0.39, 0.29) is 5.91 Å². The van der Waals surface area contributed by atoms with Crippen LogP contribution in [0.1, 0.15) is 12.5 Å². The summed E-state index contributed by atoms with van der Waals surface area (Å²) in [6.45, 7) is 6.10. The Bertz CT molecular complexity index is 903. The van der Waals surface area contributed by atoms with E-state index in [0.717, 1.165) is 42.7 Å². The molecule has 0 bridgehead atoms. The summed E-state index contributed by atoms with van der Waals surface area (Å²) in [5.41, 5.74) is 2.15. The standard InChI is InChI=1S/C22H23N3O2S/c1-2-27-19-11-7-6-8-17(19)16-20-21(26)23-22(28-20)25-14-12-24(13-15-25)18-9-4-3-5-10-18/h3-11,16H,2,12-15H2,1H3/b20-16+. The second-order valence-electron chi connectivity index (χ2n) is 6.59. The maximum atomic E-state index is 12.4. The summed E-state index contributed by atoms with van der Waals surface area (Å²) >= 11 is 1.46. The molecule has 2 heterocycles. The second-order valence-corrected chi connectivity index (χ2v) is 7.60. The van der Waals surface area contributed by atoms with Crippen molar-refractivity contribution >= 4 is 34.6 Å². The Labute approximate surface area is 169 Å². The van der Waals surface area contributed by atoms with Crippen LogP contribution in [0.2, 0.25) is 0 Å². The average Bonchev–Trinajstić information content (AvgIpc) is 3.11. The Balaban J connectivity index is 1.42. The summed E-state index contributed by atoms with van der Waals surface area (Å²) in [4.78, 5) is 22.0. The van der Waals surface area contributed by atoms with Gasteiger partial charge >= 0.3 is 0 Å². The molecule has 2 aromatic rings. The number of rotatable bonds is 4. The van der Waals surface area contributed by atoms with E-state index in [1.165, 1.54) is 17.4 Å². The van der Waals surface area contributed by atoms with Gasteiger partial charge in [-0.15, -0.1) is 0 Å². The third kappa shape index (κ3) is 4.07. The highest BCUT2D eigenvalue weighted by Gasteiger charge is 2.28. The molecule has 28 heavy (non-hydrogen) atoms. The highest BCUT2D eigenvalue weighted by molar-refractivity contribution is 8.18. The van der Waals surface area contributed by atoms with E-state index < -0.39 is 0 Å². The van der Waals surface area contributed by atoms with Crippen LogP contribution in [0, 0.1) is 0 Å². The average molecular weight is 394 g/mol. The predicted molar refractivity (Wildman–Crippen MR) is 116 cm³/mol. The summed E-state index contributed by atoms with van der Waals surface area (Å²) in [5.74, 6) is 0.618. The SMILES string of the molecule is CCOc1ccccc1/C=C1/SC(N2CCN(c3ccccc3)CC2)=NC1=O. The number of ether oxygens (including phenoxy) is 1. The van der Waals surface area contributed by atoms with E-state index in [9.17, 15) is 4.79 Å². The zero-order chi connectivity index (χ0) is 19.3. The fourth-order valence-electron chi connectivity index (χ4n) is 3.36. The Morgan fingerprint density at radius 2 is 1.68 bits per heavy atom. The van der Waals surface area contributed by atoms with Crippen LogP contribution in [-0.2, 0) is 4.79 Å². The number of amidine groups is 1. The van der Waals surface area contributed by atoms with Crippen LogP contribution in [0.5, 0.6) is 5.75 Å². The monoisotopic (exact) mass is 393 g/mol. The molecule has 0 N–H and O–H groups in total. The summed E-state index contributed by atoms with van der Waals surface area (Å²) < 4.78 is 5.66. The van der Waals surface area contributed by atoms with E-state index in [4.69, 9.17) is 4.74 Å². The molecule has 2 aromatic carbocycles. The van der Waals surface area contributed by atoms with Gasteiger partial charge in [0.25, 0.3) is 5.91 Å². The number of hydrogen-bond donors (Lipinski definition) is 0. The van der Waals surface area contributed by atoms with Gasteiger partial charge in [-0.2, -0.15) is 4.99 Å². The lowest BCUT2D eigenvalue weighted by atomic mass is 10.2. The second kappa shape index (κ2) is 8.52. The number of thioether (sulfide) groups is 1. The number of benzene rings is 2. The van der Waals surface area contributed by atoms with Gasteiger partial charge in [0.2, 0.25) is 0 Å². The molecule has 1 saturated heterocycles. The molecule has 0 aromatic heterocycles. The van der Waals surface area contributed by atoms with Gasteiger partial charge in [0.15, 0.2) is 5.17 Å². The molecule has 0 unspecified atom stereocenters. The smallest absolute Gasteiger partial charge is 0.286 e. The zero-order valence-electron chi connectivity index (χ0n) is 15.9. The van der Waals surface area contributed by atoms with Crippen molar-refractivity contribution in [2.75, 3.05) is 37.7 Å². The van der Waals surface area contributed by atoms with Crippen molar-refractivity contribution in [3.05, 3.63) is 65.1 Å². The molecule has 0 saturated carbocycles. The highest BCUT2D eigenvalue weighted by atomic mass is 32.2. The Morgan fingerprint density at radius 1 is 1.00 bits per heavy atom. The number of anilines is 1. The van der Waals surface area contributed by atoms with E-state index in [0.29, 0.717) is 11.5 Å². The first-order valence-electron chi connectivity index (χ1n) is 9.54. The summed E-state index contributed by atoms with van der Waals surface area (Å²) in [6.07, 6.45) is 1.88. The Hall–Kier alpha value is -2.73. The minimum atomic E-state index is -0.170. The van der Waals surface area contributed by atoms with Crippen LogP contribution in [0.15, 0.2) is 64.5 Å². The summed E-state index contributed by atoms with van der Waals surface area (Å²) in [6, 6.07) is 18.2. The Kier molecular flexibility index (Phi) is 5.67. The largest absolute Gasteiger partial charge is 0.493 e. The molecule has 1 amide bonds. The van der Waals surface area contributed by atoms with Crippen LogP contribution >= 0.6 is 11.8 Å². The maximum absolute atomic E-state index is 12.4. The molecule has 6 heteroatoms. The lowest BCUT2D eigenvalue weighted by Gasteiger charge is -2.36. The van der Waals surface area contributed by atoms with Crippen molar-refractivity contribution in [2.45, 2.75) is 6.92 Å². The topological polar surface area (TPSA) is 45.1 Å². The molecule has 5 nitrogen and oxygen atoms in total. The van der Waals surface area contributed by atoms with Crippen molar-refractivity contribution in [3.63, 3.8) is 0 Å². The van der Waals surface area contributed by atoms with Gasteiger partial charge in [0.1, 0.15) is 5.75 Å². The van der Waals surface area contributed by atoms with Gasteiger partial charge < -0.3 is 14.5 Å². The van der Waals surface area contributed by atoms with Crippen LogP contribution < -0.4 is 9.64 Å². The quantitative estimate of drug-likeness (QED) is 0.738. The molecule has 0 aliphatic carbocycles. The first-order valence-corrected chi connectivity index (χ1v) is 10.4. The molecule has 0 spiro atoms. The van der Waals surface area contributed by atoms with Crippen molar-refractivity contribution in [2.24, 2.45) is 4.99 Å². The molecule has 4 rings (SSSR count). The van der Waals surface area contributed by atoms with Gasteiger partial charge in [-0.25, -0.2) is 0 Å². The molecular weight excluding hydrogens is 370 g/mol.